The van der Waals surface area contributed by atoms with Crippen molar-refractivity contribution in [3.05, 3.63) is 0 Å². The Labute approximate surface area is 134 Å². The Balaban J connectivity index is 1.22. The molecule has 3 heteroatoms. The van der Waals surface area contributed by atoms with E-state index in [2.05, 4.69) is 10.6 Å². The highest BCUT2D eigenvalue weighted by molar-refractivity contribution is 5.83. The van der Waals surface area contributed by atoms with Gasteiger partial charge in [0.1, 0.15) is 0 Å². The van der Waals surface area contributed by atoms with Gasteiger partial charge in [-0.15, -0.1) is 0 Å². The molecule has 122 valence electrons. The molecule has 6 bridgehead atoms. The van der Waals surface area contributed by atoms with E-state index >= 15 is 0 Å². The second-order valence-electron chi connectivity index (χ2n) is 9.38. The van der Waals surface area contributed by atoms with Crippen LogP contribution in [0.2, 0.25) is 0 Å². The van der Waals surface area contributed by atoms with Gasteiger partial charge in [0.05, 0.1) is 0 Å². The van der Waals surface area contributed by atoms with E-state index in [1.54, 1.807) is 0 Å². The van der Waals surface area contributed by atoms with Crippen molar-refractivity contribution >= 4 is 5.91 Å². The van der Waals surface area contributed by atoms with E-state index in [1.165, 1.54) is 64.2 Å². The second kappa shape index (κ2) is 4.96. The summed E-state index contributed by atoms with van der Waals surface area (Å²) >= 11 is 0. The maximum atomic E-state index is 13.0. The SMILES string of the molecule is O=C(NCC1CC2CCC(C1)N2)C12CC3CC(CC(C3)C1)C2. The fraction of sp³-hybridized carbons (Fsp3) is 0.947. The van der Waals surface area contributed by atoms with Gasteiger partial charge in [0.15, 0.2) is 0 Å². The van der Waals surface area contributed by atoms with Crippen LogP contribution in [0.1, 0.15) is 64.2 Å². The minimum Gasteiger partial charge on any atom is -0.355 e. The van der Waals surface area contributed by atoms with Crippen LogP contribution >= 0.6 is 0 Å². The fourth-order valence-corrected chi connectivity index (χ4v) is 7.16. The molecule has 6 rings (SSSR count). The topological polar surface area (TPSA) is 41.1 Å². The number of fused-ring (bicyclic) bond motifs is 2. The van der Waals surface area contributed by atoms with Gasteiger partial charge in [-0.3, -0.25) is 4.79 Å². The number of rotatable bonds is 3. The molecule has 6 fully saturated rings. The highest BCUT2D eigenvalue weighted by Gasteiger charge is 2.54. The third kappa shape index (κ3) is 2.23. The van der Waals surface area contributed by atoms with Crippen LogP contribution in [0.5, 0.6) is 0 Å². The third-order valence-electron chi connectivity index (χ3n) is 7.64. The number of nitrogens with one attached hydrogen (secondary N) is 2. The van der Waals surface area contributed by atoms with E-state index in [-0.39, 0.29) is 5.41 Å². The zero-order chi connectivity index (χ0) is 14.7. The van der Waals surface area contributed by atoms with Gasteiger partial charge < -0.3 is 10.6 Å². The smallest absolute Gasteiger partial charge is 0.226 e. The molecule has 0 aromatic rings. The minimum atomic E-state index is 0.0423. The minimum absolute atomic E-state index is 0.0423. The van der Waals surface area contributed by atoms with Crippen molar-refractivity contribution in [1.29, 1.82) is 0 Å². The molecule has 2 N–H and O–H groups in total. The molecule has 0 radical (unpaired) electrons. The average molecular weight is 302 g/mol. The zero-order valence-electron chi connectivity index (χ0n) is 13.7. The summed E-state index contributed by atoms with van der Waals surface area (Å²) in [5, 5.41) is 7.12. The van der Waals surface area contributed by atoms with Gasteiger partial charge in [0.2, 0.25) is 5.91 Å². The molecule has 2 heterocycles. The van der Waals surface area contributed by atoms with Crippen molar-refractivity contribution in [2.45, 2.75) is 76.3 Å². The number of carbonyl (C=O) groups excluding carboxylic acids is 1. The Morgan fingerprint density at radius 2 is 1.45 bits per heavy atom. The highest BCUT2D eigenvalue weighted by Crippen LogP contribution is 2.60. The summed E-state index contributed by atoms with van der Waals surface area (Å²) in [5.41, 5.74) is 0.0423. The predicted molar refractivity (Wildman–Crippen MR) is 86.3 cm³/mol. The molecule has 2 saturated heterocycles. The maximum absolute atomic E-state index is 13.0. The van der Waals surface area contributed by atoms with Crippen LogP contribution in [-0.4, -0.2) is 24.5 Å². The lowest BCUT2D eigenvalue weighted by Crippen LogP contribution is -2.54. The summed E-state index contributed by atoms with van der Waals surface area (Å²) in [4.78, 5) is 13.0. The van der Waals surface area contributed by atoms with E-state index < -0.39 is 0 Å². The van der Waals surface area contributed by atoms with Crippen LogP contribution in [0.25, 0.3) is 0 Å². The van der Waals surface area contributed by atoms with Gasteiger partial charge in [-0.05, 0) is 87.9 Å². The normalized spacial score (nSPS) is 52.0. The van der Waals surface area contributed by atoms with Crippen LogP contribution in [0.4, 0.5) is 0 Å². The van der Waals surface area contributed by atoms with Crippen molar-refractivity contribution in [2.75, 3.05) is 6.54 Å². The Kier molecular flexibility index (Phi) is 3.12. The van der Waals surface area contributed by atoms with Gasteiger partial charge in [0.25, 0.3) is 0 Å². The molecule has 6 aliphatic rings. The van der Waals surface area contributed by atoms with Crippen molar-refractivity contribution in [1.82, 2.24) is 10.6 Å². The number of carbonyl (C=O) groups is 1. The van der Waals surface area contributed by atoms with Crippen LogP contribution < -0.4 is 10.6 Å². The lowest BCUT2D eigenvalue weighted by Gasteiger charge is -2.55. The predicted octanol–water partition coefficient (Wildman–Crippen LogP) is 2.85. The molecule has 0 aromatic carbocycles. The summed E-state index contributed by atoms with van der Waals surface area (Å²) in [5.74, 6) is 3.75. The summed E-state index contributed by atoms with van der Waals surface area (Å²) < 4.78 is 0. The van der Waals surface area contributed by atoms with E-state index in [1.807, 2.05) is 0 Å². The Bertz CT molecular complexity index is 427. The molecule has 2 aliphatic heterocycles. The molecule has 1 amide bonds. The number of hydrogen-bond donors (Lipinski definition) is 2. The summed E-state index contributed by atoms with van der Waals surface area (Å²) in [6.45, 7) is 0.940. The van der Waals surface area contributed by atoms with Crippen LogP contribution in [-0.2, 0) is 4.79 Å². The molecule has 22 heavy (non-hydrogen) atoms. The molecule has 4 saturated carbocycles. The van der Waals surface area contributed by atoms with Crippen molar-refractivity contribution in [3.8, 4) is 0 Å². The van der Waals surface area contributed by atoms with Crippen molar-refractivity contribution in [3.63, 3.8) is 0 Å². The Hall–Kier alpha value is -0.570. The van der Waals surface area contributed by atoms with Gasteiger partial charge >= 0.3 is 0 Å². The first-order chi connectivity index (χ1) is 10.7. The molecule has 0 spiro atoms. The average Bonchev–Trinajstić information content (AvgIpc) is 2.82. The lowest BCUT2D eigenvalue weighted by molar-refractivity contribution is -0.146. The first-order valence-electron chi connectivity index (χ1n) is 9.73. The largest absolute Gasteiger partial charge is 0.355 e. The van der Waals surface area contributed by atoms with E-state index in [0.717, 1.165) is 42.3 Å². The van der Waals surface area contributed by atoms with Gasteiger partial charge in [0, 0.05) is 24.0 Å². The molecule has 2 atom stereocenters. The number of amides is 1. The van der Waals surface area contributed by atoms with E-state index in [9.17, 15) is 4.79 Å². The van der Waals surface area contributed by atoms with Crippen molar-refractivity contribution < 1.29 is 4.79 Å². The Morgan fingerprint density at radius 3 is 2.00 bits per heavy atom. The molecule has 4 aliphatic carbocycles. The summed E-state index contributed by atoms with van der Waals surface area (Å²) in [6, 6.07) is 1.47. The van der Waals surface area contributed by atoms with Gasteiger partial charge in [-0.2, -0.15) is 0 Å². The summed E-state index contributed by atoms with van der Waals surface area (Å²) in [7, 11) is 0. The van der Waals surface area contributed by atoms with Crippen LogP contribution in [0.15, 0.2) is 0 Å². The zero-order valence-corrected chi connectivity index (χ0v) is 13.7. The Morgan fingerprint density at radius 1 is 0.909 bits per heavy atom. The first kappa shape index (κ1) is 13.8. The van der Waals surface area contributed by atoms with Gasteiger partial charge in [-0.1, -0.05) is 0 Å². The molecular formula is C19H30N2O. The third-order valence-corrected chi connectivity index (χ3v) is 7.64. The lowest BCUT2D eigenvalue weighted by atomic mass is 9.49. The molecule has 0 aromatic heterocycles. The molecular weight excluding hydrogens is 272 g/mol. The quantitative estimate of drug-likeness (QED) is 0.841. The standard InChI is InChI=1S/C19H30N2O/c22-18(20-11-15-6-16-1-2-17(7-15)21-16)19-8-12-3-13(9-19)5-14(4-12)10-19/h12-17,21H,1-11H2,(H,20,22). The second-order valence-corrected chi connectivity index (χ2v) is 9.38. The number of piperidine rings is 1. The molecule has 2 unspecified atom stereocenters. The summed E-state index contributed by atoms with van der Waals surface area (Å²) in [6.07, 6.45) is 13.1. The van der Waals surface area contributed by atoms with Gasteiger partial charge in [-0.25, -0.2) is 0 Å². The highest BCUT2D eigenvalue weighted by atomic mass is 16.2. The van der Waals surface area contributed by atoms with Crippen molar-refractivity contribution in [2.24, 2.45) is 29.1 Å². The maximum Gasteiger partial charge on any atom is 0.226 e. The van der Waals surface area contributed by atoms with Crippen LogP contribution in [0, 0.1) is 29.1 Å². The number of hydrogen-bond acceptors (Lipinski definition) is 2. The first-order valence-corrected chi connectivity index (χ1v) is 9.73. The van der Waals surface area contributed by atoms with E-state index in [0.29, 0.717) is 5.91 Å². The fourth-order valence-electron chi connectivity index (χ4n) is 7.16. The van der Waals surface area contributed by atoms with Crippen LogP contribution in [0.3, 0.4) is 0 Å². The molecule has 3 nitrogen and oxygen atoms in total. The van der Waals surface area contributed by atoms with E-state index in [4.69, 9.17) is 0 Å². The monoisotopic (exact) mass is 302 g/mol.